The average molecular weight is 311 g/mol. The minimum Gasteiger partial charge on any atom is -0.493 e. The summed E-state index contributed by atoms with van der Waals surface area (Å²) in [7, 11) is 0. The van der Waals surface area contributed by atoms with Gasteiger partial charge in [0.25, 0.3) is 0 Å². The van der Waals surface area contributed by atoms with Crippen LogP contribution in [0.3, 0.4) is 0 Å². The van der Waals surface area contributed by atoms with Gasteiger partial charge in [-0.05, 0) is 43.7 Å². The first kappa shape index (κ1) is 12.5. The number of benzene rings is 1. The van der Waals surface area contributed by atoms with Gasteiger partial charge in [-0.2, -0.15) is 0 Å². The predicted octanol–water partition coefficient (Wildman–Crippen LogP) is 4.48. The Balaban J connectivity index is 1.73. The van der Waals surface area contributed by atoms with Gasteiger partial charge in [-0.25, -0.2) is 0 Å². The van der Waals surface area contributed by atoms with Crippen molar-refractivity contribution in [1.82, 2.24) is 0 Å². The molecule has 0 amide bonds. The van der Waals surface area contributed by atoms with Gasteiger partial charge in [0.15, 0.2) is 0 Å². The quantitative estimate of drug-likeness (QED) is 0.819. The Morgan fingerprint density at radius 3 is 2.89 bits per heavy atom. The number of ether oxygens (including phenoxy) is 2. The summed E-state index contributed by atoms with van der Waals surface area (Å²) in [5.74, 6) is 1.79. The molecule has 1 aromatic rings. The summed E-state index contributed by atoms with van der Waals surface area (Å²) in [5, 5.41) is 0. The number of rotatable bonds is 3. The molecule has 2 nitrogen and oxygen atoms in total. The highest BCUT2D eigenvalue weighted by atomic mass is 79.9. The van der Waals surface area contributed by atoms with Gasteiger partial charge in [0.1, 0.15) is 5.75 Å². The van der Waals surface area contributed by atoms with E-state index in [-0.39, 0.29) is 6.10 Å². The predicted molar refractivity (Wildman–Crippen MR) is 74.9 cm³/mol. The molecule has 1 aliphatic carbocycles. The van der Waals surface area contributed by atoms with Crippen LogP contribution in [0.15, 0.2) is 22.7 Å². The van der Waals surface area contributed by atoms with Crippen molar-refractivity contribution in [2.45, 2.75) is 38.2 Å². The smallest absolute Gasteiger partial charge is 0.126 e. The molecule has 3 rings (SSSR count). The molecule has 0 radical (unpaired) electrons. The van der Waals surface area contributed by atoms with E-state index in [1.54, 1.807) is 0 Å². The lowest BCUT2D eigenvalue weighted by Crippen LogP contribution is -2.19. The van der Waals surface area contributed by atoms with Crippen LogP contribution in [0.2, 0.25) is 0 Å². The fourth-order valence-corrected chi connectivity index (χ4v) is 2.93. The Bertz CT molecular complexity index is 415. The Kier molecular flexibility index (Phi) is 3.90. The van der Waals surface area contributed by atoms with Gasteiger partial charge in [-0.3, -0.25) is 0 Å². The number of halogens is 1. The molecule has 1 atom stereocenters. The van der Waals surface area contributed by atoms with Gasteiger partial charge in [0.2, 0.25) is 0 Å². The van der Waals surface area contributed by atoms with Crippen molar-refractivity contribution in [3.8, 4) is 5.75 Å². The van der Waals surface area contributed by atoms with Gasteiger partial charge in [0.05, 0.1) is 19.3 Å². The van der Waals surface area contributed by atoms with Gasteiger partial charge < -0.3 is 9.47 Å². The minimum atomic E-state index is 0.219. The molecule has 0 bridgehead atoms. The number of fused-ring (bicyclic) bond motifs is 1. The van der Waals surface area contributed by atoms with E-state index in [4.69, 9.17) is 9.47 Å². The summed E-state index contributed by atoms with van der Waals surface area (Å²) in [6.07, 6.45) is 6.43. The minimum absolute atomic E-state index is 0.219. The normalized spacial score (nSPS) is 23.7. The first-order valence-electron chi connectivity index (χ1n) is 6.87. The zero-order chi connectivity index (χ0) is 12.4. The SMILES string of the molecule is Brc1ccc2c(c1)OCCCC2OCC1CCC1. The van der Waals surface area contributed by atoms with Crippen molar-refractivity contribution < 1.29 is 9.47 Å². The molecule has 1 fully saturated rings. The third-order valence-corrected chi connectivity index (χ3v) is 4.44. The van der Waals surface area contributed by atoms with E-state index in [1.165, 1.54) is 24.8 Å². The highest BCUT2D eigenvalue weighted by molar-refractivity contribution is 9.10. The molecule has 1 heterocycles. The summed E-state index contributed by atoms with van der Waals surface area (Å²) < 4.78 is 13.0. The Labute approximate surface area is 117 Å². The molecule has 0 aromatic heterocycles. The lowest BCUT2D eigenvalue weighted by molar-refractivity contribution is 0.00546. The zero-order valence-corrected chi connectivity index (χ0v) is 12.1. The Hall–Kier alpha value is -0.540. The highest BCUT2D eigenvalue weighted by Crippen LogP contribution is 2.37. The van der Waals surface area contributed by atoms with Crippen LogP contribution < -0.4 is 4.74 Å². The lowest BCUT2D eigenvalue weighted by Gasteiger charge is -2.27. The summed E-state index contributed by atoms with van der Waals surface area (Å²) in [6, 6.07) is 6.27. The van der Waals surface area contributed by atoms with E-state index in [9.17, 15) is 0 Å². The van der Waals surface area contributed by atoms with Crippen molar-refractivity contribution in [1.29, 1.82) is 0 Å². The molecule has 1 saturated carbocycles. The standard InChI is InChI=1S/C15H19BrO2/c16-12-6-7-13-14(18-10-11-3-1-4-11)5-2-8-17-15(13)9-12/h6-7,9,11,14H,1-5,8,10H2. The van der Waals surface area contributed by atoms with Crippen LogP contribution >= 0.6 is 15.9 Å². The monoisotopic (exact) mass is 310 g/mol. The number of hydrogen-bond donors (Lipinski definition) is 0. The Morgan fingerprint density at radius 1 is 1.22 bits per heavy atom. The fraction of sp³-hybridized carbons (Fsp3) is 0.600. The van der Waals surface area contributed by atoms with Gasteiger partial charge in [-0.15, -0.1) is 0 Å². The lowest BCUT2D eigenvalue weighted by atomic mass is 9.86. The molecule has 1 aromatic carbocycles. The van der Waals surface area contributed by atoms with E-state index in [2.05, 4.69) is 34.1 Å². The Morgan fingerprint density at radius 2 is 2.11 bits per heavy atom. The molecule has 0 saturated heterocycles. The van der Waals surface area contributed by atoms with E-state index in [0.29, 0.717) is 0 Å². The fourth-order valence-electron chi connectivity index (χ4n) is 2.59. The van der Waals surface area contributed by atoms with Crippen LogP contribution in [-0.2, 0) is 4.74 Å². The second-order valence-electron chi connectivity index (χ2n) is 5.29. The largest absolute Gasteiger partial charge is 0.493 e. The molecular weight excluding hydrogens is 292 g/mol. The summed E-state index contributed by atoms with van der Waals surface area (Å²) >= 11 is 3.50. The second kappa shape index (κ2) is 5.62. The second-order valence-corrected chi connectivity index (χ2v) is 6.21. The van der Waals surface area contributed by atoms with Crippen LogP contribution in [0.4, 0.5) is 0 Å². The van der Waals surface area contributed by atoms with Crippen LogP contribution in [0, 0.1) is 5.92 Å². The first-order valence-corrected chi connectivity index (χ1v) is 7.66. The van der Waals surface area contributed by atoms with Crippen molar-refractivity contribution in [2.75, 3.05) is 13.2 Å². The maximum absolute atomic E-state index is 6.14. The summed E-state index contributed by atoms with van der Waals surface area (Å²) in [6.45, 7) is 1.72. The average Bonchev–Trinajstić information content (AvgIpc) is 2.49. The first-order chi connectivity index (χ1) is 8.83. The molecular formula is C15H19BrO2. The van der Waals surface area contributed by atoms with Crippen LogP contribution in [0.5, 0.6) is 5.75 Å². The van der Waals surface area contributed by atoms with Crippen LogP contribution in [-0.4, -0.2) is 13.2 Å². The molecule has 0 spiro atoms. The third-order valence-electron chi connectivity index (χ3n) is 3.95. The van der Waals surface area contributed by atoms with Gasteiger partial charge in [0, 0.05) is 10.0 Å². The van der Waals surface area contributed by atoms with E-state index < -0.39 is 0 Å². The highest BCUT2D eigenvalue weighted by Gasteiger charge is 2.24. The van der Waals surface area contributed by atoms with E-state index >= 15 is 0 Å². The summed E-state index contributed by atoms with van der Waals surface area (Å²) in [5.41, 5.74) is 1.22. The molecule has 18 heavy (non-hydrogen) atoms. The molecule has 0 N–H and O–H groups in total. The topological polar surface area (TPSA) is 18.5 Å². The molecule has 2 aliphatic rings. The van der Waals surface area contributed by atoms with Gasteiger partial charge >= 0.3 is 0 Å². The van der Waals surface area contributed by atoms with Gasteiger partial charge in [-0.1, -0.05) is 28.4 Å². The molecule has 98 valence electrons. The zero-order valence-electron chi connectivity index (χ0n) is 10.5. The maximum atomic E-state index is 6.14. The van der Waals surface area contributed by atoms with Crippen LogP contribution in [0.25, 0.3) is 0 Å². The molecule has 1 aliphatic heterocycles. The van der Waals surface area contributed by atoms with E-state index in [1.807, 2.05) is 0 Å². The molecule has 3 heteroatoms. The van der Waals surface area contributed by atoms with Crippen molar-refractivity contribution in [3.05, 3.63) is 28.2 Å². The van der Waals surface area contributed by atoms with Crippen molar-refractivity contribution >= 4 is 15.9 Å². The summed E-state index contributed by atoms with van der Waals surface area (Å²) in [4.78, 5) is 0. The van der Waals surface area contributed by atoms with Crippen LogP contribution in [0.1, 0.15) is 43.8 Å². The number of hydrogen-bond acceptors (Lipinski definition) is 2. The van der Waals surface area contributed by atoms with Crippen molar-refractivity contribution in [3.63, 3.8) is 0 Å². The van der Waals surface area contributed by atoms with Crippen molar-refractivity contribution in [2.24, 2.45) is 5.92 Å². The molecule has 1 unspecified atom stereocenters. The third kappa shape index (κ3) is 2.72. The van der Waals surface area contributed by atoms with E-state index in [0.717, 1.165) is 42.2 Å². The maximum Gasteiger partial charge on any atom is 0.126 e.